The number of aromatic nitrogens is 4. The molecule has 0 saturated heterocycles. The number of benzene rings is 2. The quantitative estimate of drug-likeness (QED) is 0.486. The van der Waals surface area contributed by atoms with Crippen LogP contribution < -0.4 is 9.46 Å². The van der Waals surface area contributed by atoms with Crippen LogP contribution in [0.25, 0.3) is 22.6 Å². The number of fused-ring (bicyclic) bond motifs is 1. The van der Waals surface area contributed by atoms with E-state index in [0.29, 0.717) is 17.0 Å². The Bertz CT molecular complexity index is 1330. The molecule has 31 heavy (non-hydrogen) atoms. The predicted molar refractivity (Wildman–Crippen MR) is 120 cm³/mol. The third kappa shape index (κ3) is 3.96. The Morgan fingerprint density at radius 3 is 2.29 bits per heavy atom. The summed E-state index contributed by atoms with van der Waals surface area (Å²) >= 11 is 0. The molecule has 0 spiro atoms. The first kappa shape index (κ1) is 20.8. The summed E-state index contributed by atoms with van der Waals surface area (Å²) in [6, 6.07) is 14.2. The van der Waals surface area contributed by atoms with Gasteiger partial charge in [-0.3, -0.25) is 4.72 Å². The third-order valence-electron chi connectivity index (χ3n) is 4.90. The van der Waals surface area contributed by atoms with E-state index in [1.54, 1.807) is 31.4 Å². The van der Waals surface area contributed by atoms with Crippen molar-refractivity contribution in [1.82, 2.24) is 19.5 Å². The topological polar surface area (TPSA) is 99.0 Å². The summed E-state index contributed by atoms with van der Waals surface area (Å²) in [7, 11) is -2.21. The number of hydrogen-bond donors (Lipinski definition) is 1. The smallest absolute Gasteiger partial charge is 0.263 e. The van der Waals surface area contributed by atoms with Crippen LogP contribution in [-0.4, -0.2) is 35.0 Å². The van der Waals surface area contributed by atoms with Crippen LogP contribution in [0, 0.1) is 6.92 Å². The fraction of sp³-hybridized carbons (Fsp3) is 0.227. The molecule has 0 atom stereocenters. The first-order chi connectivity index (χ1) is 14.8. The molecule has 4 aromatic rings. The van der Waals surface area contributed by atoms with Gasteiger partial charge in [-0.2, -0.15) is 0 Å². The number of ether oxygens (including phenoxy) is 1. The molecule has 0 aliphatic heterocycles. The molecule has 8 nitrogen and oxygen atoms in total. The molecule has 0 unspecified atom stereocenters. The van der Waals surface area contributed by atoms with Crippen molar-refractivity contribution in [1.29, 1.82) is 0 Å². The zero-order valence-corrected chi connectivity index (χ0v) is 18.5. The molecular weight excluding hydrogens is 414 g/mol. The molecule has 0 fully saturated rings. The maximum absolute atomic E-state index is 12.9. The Kier molecular flexibility index (Phi) is 5.36. The number of anilines is 1. The molecule has 2 aromatic carbocycles. The van der Waals surface area contributed by atoms with Gasteiger partial charge in [-0.05, 0) is 57.2 Å². The fourth-order valence-electron chi connectivity index (χ4n) is 3.32. The van der Waals surface area contributed by atoms with E-state index in [-0.39, 0.29) is 16.8 Å². The molecule has 0 amide bonds. The van der Waals surface area contributed by atoms with Gasteiger partial charge in [0.25, 0.3) is 10.0 Å². The van der Waals surface area contributed by atoms with Crippen molar-refractivity contribution in [2.75, 3.05) is 11.8 Å². The van der Waals surface area contributed by atoms with Crippen molar-refractivity contribution < 1.29 is 13.2 Å². The molecule has 4 rings (SSSR count). The molecule has 2 aromatic heterocycles. The van der Waals surface area contributed by atoms with Crippen molar-refractivity contribution in [2.45, 2.75) is 31.7 Å². The first-order valence-electron chi connectivity index (χ1n) is 9.77. The van der Waals surface area contributed by atoms with Crippen molar-refractivity contribution in [3.05, 3.63) is 60.4 Å². The number of methoxy groups -OCH3 is 1. The van der Waals surface area contributed by atoms with Crippen LogP contribution in [0.3, 0.4) is 0 Å². The predicted octanol–water partition coefficient (Wildman–Crippen LogP) is 4.19. The summed E-state index contributed by atoms with van der Waals surface area (Å²) in [5, 5.41) is 0. The van der Waals surface area contributed by atoms with Gasteiger partial charge in [-0.1, -0.05) is 17.7 Å². The second-order valence-corrected chi connectivity index (χ2v) is 9.12. The van der Waals surface area contributed by atoms with Gasteiger partial charge in [0.2, 0.25) is 0 Å². The van der Waals surface area contributed by atoms with E-state index in [2.05, 4.69) is 14.7 Å². The number of hydrogen-bond acceptors (Lipinski definition) is 6. The number of aryl methyl sites for hydroxylation is 1. The minimum Gasteiger partial charge on any atom is -0.497 e. The zero-order chi connectivity index (χ0) is 22.2. The molecule has 0 saturated carbocycles. The number of imidazole rings is 1. The monoisotopic (exact) mass is 437 g/mol. The van der Waals surface area contributed by atoms with Crippen molar-refractivity contribution in [3.8, 4) is 17.1 Å². The minimum atomic E-state index is -3.83. The second-order valence-electron chi connectivity index (χ2n) is 7.44. The van der Waals surface area contributed by atoms with Crippen molar-refractivity contribution in [2.24, 2.45) is 0 Å². The highest BCUT2D eigenvalue weighted by Crippen LogP contribution is 2.31. The van der Waals surface area contributed by atoms with E-state index in [1.165, 1.54) is 6.33 Å². The van der Waals surface area contributed by atoms with Gasteiger partial charge in [0, 0.05) is 11.6 Å². The normalized spacial score (nSPS) is 11.8. The van der Waals surface area contributed by atoms with E-state index >= 15 is 0 Å². The first-order valence-corrected chi connectivity index (χ1v) is 11.3. The van der Waals surface area contributed by atoms with E-state index in [1.807, 2.05) is 49.6 Å². The maximum atomic E-state index is 12.9. The Hall–Kier alpha value is -3.46. The van der Waals surface area contributed by atoms with Crippen LogP contribution >= 0.6 is 0 Å². The average molecular weight is 438 g/mol. The lowest BCUT2D eigenvalue weighted by Crippen LogP contribution is -2.14. The van der Waals surface area contributed by atoms with E-state index in [4.69, 9.17) is 9.72 Å². The van der Waals surface area contributed by atoms with Crippen LogP contribution in [-0.2, 0) is 10.0 Å². The van der Waals surface area contributed by atoms with Crippen LogP contribution in [0.2, 0.25) is 0 Å². The lowest BCUT2D eigenvalue weighted by molar-refractivity contribution is 0.415. The Morgan fingerprint density at radius 2 is 1.68 bits per heavy atom. The van der Waals surface area contributed by atoms with Gasteiger partial charge < -0.3 is 9.30 Å². The lowest BCUT2D eigenvalue weighted by atomic mass is 10.2. The Labute approximate surface area is 181 Å². The summed E-state index contributed by atoms with van der Waals surface area (Å²) in [6.45, 7) is 5.94. The summed E-state index contributed by atoms with van der Waals surface area (Å²) in [4.78, 5) is 13.4. The average Bonchev–Trinajstić information content (AvgIpc) is 3.15. The highest BCUT2D eigenvalue weighted by atomic mass is 32.2. The fourth-order valence-corrected chi connectivity index (χ4v) is 4.34. The molecule has 2 heterocycles. The molecule has 160 valence electrons. The maximum Gasteiger partial charge on any atom is 0.263 e. The summed E-state index contributed by atoms with van der Waals surface area (Å²) in [5.74, 6) is 1.55. The third-order valence-corrected chi connectivity index (χ3v) is 6.26. The lowest BCUT2D eigenvalue weighted by Gasteiger charge is -2.12. The summed E-state index contributed by atoms with van der Waals surface area (Å²) in [6.07, 6.45) is 1.34. The van der Waals surface area contributed by atoms with Gasteiger partial charge >= 0.3 is 0 Å². The molecule has 9 heteroatoms. The second kappa shape index (κ2) is 7.99. The Balaban J connectivity index is 1.83. The number of rotatable bonds is 6. The van der Waals surface area contributed by atoms with E-state index < -0.39 is 10.0 Å². The van der Waals surface area contributed by atoms with Crippen LogP contribution in [0.5, 0.6) is 5.75 Å². The van der Waals surface area contributed by atoms with E-state index in [0.717, 1.165) is 16.9 Å². The van der Waals surface area contributed by atoms with Gasteiger partial charge in [0.1, 0.15) is 17.9 Å². The number of nitrogens with one attached hydrogen (secondary N) is 1. The molecular formula is C22H23N5O3S. The van der Waals surface area contributed by atoms with Gasteiger partial charge in [-0.25, -0.2) is 23.4 Å². The van der Waals surface area contributed by atoms with Crippen LogP contribution in [0.4, 0.5) is 5.82 Å². The highest BCUT2D eigenvalue weighted by Gasteiger charge is 2.22. The van der Waals surface area contributed by atoms with Gasteiger partial charge in [0.05, 0.1) is 12.0 Å². The molecule has 0 aliphatic rings. The summed E-state index contributed by atoms with van der Waals surface area (Å²) < 4.78 is 35.6. The molecule has 1 N–H and O–H groups in total. The van der Waals surface area contributed by atoms with Crippen LogP contribution in [0.1, 0.15) is 25.5 Å². The standard InChI is InChI=1S/C22H23N5O3S/c1-14(2)27-21(16-7-9-17(30-4)10-8-16)25-19-20(23-13-24-22(19)27)26-31(28,29)18-11-5-15(3)6-12-18/h5-14H,1-4H3,(H,23,24,26). The van der Waals surface area contributed by atoms with Crippen LogP contribution in [0.15, 0.2) is 59.8 Å². The van der Waals surface area contributed by atoms with Gasteiger partial charge in [0.15, 0.2) is 17.0 Å². The number of sulfonamides is 1. The minimum absolute atomic E-state index is 0.0403. The highest BCUT2D eigenvalue weighted by molar-refractivity contribution is 7.92. The zero-order valence-electron chi connectivity index (χ0n) is 17.7. The van der Waals surface area contributed by atoms with E-state index in [9.17, 15) is 8.42 Å². The van der Waals surface area contributed by atoms with Gasteiger partial charge in [-0.15, -0.1) is 0 Å². The summed E-state index contributed by atoms with van der Waals surface area (Å²) in [5.41, 5.74) is 2.78. The Morgan fingerprint density at radius 1 is 1.00 bits per heavy atom. The number of nitrogens with zero attached hydrogens (tertiary/aromatic N) is 4. The molecule has 0 aliphatic carbocycles. The molecule has 0 bridgehead atoms. The van der Waals surface area contributed by atoms with Crippen molar-refractivity contribution >= 4 is 27.0 Å². The molecule has 0 radical (unpaired) electrons. The van der Waals surface area contributed by atoms with Crippen molar-refractivity contribution in [3.63, 3.8) is 0 Å². The largest absolute Gasteiger partial charge is 0.497 e. The SMILES string of the molecule is COc1ccc(-c2nc3c(NS(=O)(=O)c4ccc(C)cc4)ncnc3n2C(C)C)cc1.